The molecule has 2 aromatic rings. The first-order valence-electron chi connectivity index (χ1n) is 8.66. The Morgan fingerprint density at radius 3 is 2.24 bits per heavy atom. The van der Waals surface area contributed by atoms with Crippen LogP contribution in [0.2, 0.25) is 0 Å². The Kier molecular flexibility index (Phi) is 5.27. The van der Waals surface area contributed by atoms with E-state index in [9.17, 15) is 13.5 Å². The summed E-state index contributed by atoms with van der Waals surface area (Å²) in [7, 11) is -3.91. The van der Waals surface area contributed by atoms with Gasteiger partial charge >= 0.3 is 0 Å². The van der Waals surface area contributed by atoms with Crippen LogP contribution in [0.3, 0.4) is 0 Å². The van der Waals surface area contributed by atoms with Gasteiger partial charge < -0.3 is 5.11 Å². The third kappa shape index (κ3) is 3.94. The fraction of sp³-hybridized carbons (Fsp3) is 0.400. The molecule has 25 heavy (non-hydrogen) atoms. The monoisotopic (exact) mass is 360 g/mol. The molecule has 0 amide bonds. The molecule has 2 aromatic carbocycles. The number of aryl methyl sites for hydroxylation is 1. The Hall–Kier alpha value is -1.69. The molecule has 4 nitrogen and oxygen atoms in total. The first-order valence-corrected chi connectivity index (χ1v) is 10.1. The van der Waals surface area contributed by atoms with Crippen LogP contribution in [0.5, 0.6) is 0 Å². The predicted molar refractivity (Wildman–Crippen MR) is 96.6 cm³/mol. The summed E-state index contributed by atoms with van der Waals surface area (Å²) in [4.78, 5) is 0.111. The third-order valence-corrected chi connectivity index (χ3v) is 6.33. The van der Waals surface area contributed by atoms with Gasteiger partial charge in [-0.3, -0.25) is 4.18 Å². The van der Waals surface area contributed by atoms with Crippen LogP contribution in [0.1, 0.15) is 36.8 Å². The zero-order chi connectivity index (χ0) is 17.9. The van der Waals surface area contributed by atoms with Crippen LogP contribution in [0.25, 0.3) is 0 Å². The van der Waals surface area contributed by atoms with Gasteiger partial charge in [0, 0.05) is 0 Å². The van der Waals surface area contributed by atoms with Gasteiger partial charge in [-0.2, -0.15) is 8.42 Å². The van der Waals surface area contributed by atoms with Crippen molar-refractivity contribution in [3.05, 3.63) is 65.7 Å². The van der Waals surface area contributed by atoms with E-state index in [1.807, 2.05) is 37.3 Å². The fourth-order valence-corrected chi connectivity index (χ4v) is 4.45. The fourth-order valence-electron chi connectivity index (χ4n) is 3.51. The highest BCUT2D eigenvalue weighted by molar-refractivity contribution is 7.86. The second kappa shape index (κ2) is 7.28. The van der Waals surface area contributed by atoms with Gasteiger partial charge in [-0.15, -0.1) is 0 Å². The zero-order valence-electron chi connectivity index (χ0n) is 14.4. The molecule has 0 heterocycles. The van der Waals surface area contributed by atoms with Crippen molar-refractivity contribution in [2.24, 2.45) is 5.92 Å². The molecule has 1 aliphatic carbocycles. The summed E-state index contributed by atoms with van der Waals surface area (Å²) in [5, 5.41) is 11.3. The second-order valence-corrected chi connectivity index (χ2v) is 8.42. The Morgan fingerprint density at radius 2 is 1.64 bits per heavy atom. The lowest BCUT2D eigenvalue weighted by Gasteiger charge is -2.34. The molecule has 5 heteroatoms. The third-order valence-electron chi connectivity index (χ3n) is 5.05. The normalized spacial score (nSPS) is 18.2. The van der Waals surface area contributed by atoms with Gasteiger partial charge in [0.25, 0.3) is 10.1 Å². The average molecular weight is 360 g/mol. The lowest BCUT2D eigenvalue weighted by atomic mass is 9.81. The molecule has 0 aromatic heterocycles. The molecule has 0 saturated heterocycles. The Bertz CT molecular complexity index is 793. The van der Waals surface area contributed by atoms with E-state index in [1.54, 1.807) is 12.1 Å². The Balaban J connectivity index is 1.84. The lowest BCUT2D eigenvalue weighted by molar-refractivity contribution is -0.0567. The van der Waals surface area contributed by atoms with Crippen molar-refractivity contribution in [3.63, 3.8) is 0 Å². The van der Waals surface area contributed by atoms with E-state index in [-0.39, 0.29) is 17.4 Å². The van der Waals surface area contributed by atoms with Crippen molar-refractivity contribution >= 4 is 10.1 Å². The van der Waals surface area contributed by atoms with E-state index in [2.05, 4.69) is 0 Å². The molecule has 1 N–H and O–H groups in total. The van der Waals surface area contributed by atoms with Crippen LogP contribution in [0.15, 0.2) is 59.5 Å². The lowest BCUT2D eigenvalue weighted by Crippen LogP contribution is -2.39. The van der Waals surface area contributed by atoms with Gasteiger partial charge in [0.05, 0.1) is 11.5 Å². The molecule has 134 valence electrons. The van der Waals surface area contributed by atoms with E-state index in [0.717, 1.165) is 31.2 Å². The molecular formula is C20H24O4S. The van der Waals surface area contributed by atoms with Gasteiger partial charge in [0.2, 0.25) is 0 Å². The highest BCUT2D eigenvalue weighted by Crippen LogP contribution is 2.41. The number of hydrogen-bond acceptors (Lipinski definition) is 4. The van der Waals surface area contributed by atoms with Crippen LogP contribution in [-0.4, -0.2) is 20.1 Å². The van der Waals surface area contributed by atoms with Crippen molar-refractivity contribution in [1.82, 2.24) is 0 Å². The minimum absolute atomic E-state index is 0.00289. The average Bonchev–Trinajstić information content (AvgIpc) is 3.16. The SMILES string of the molecule is Cc1ccc(S(=O)(=O)OCC(O)(c2ccccc2)C2CCCC2)cc1. The van der Waals surface area contributed by atoms with Crippen LogP contribution < -0.4 is 0 Å². The predicted octanol–water partition coefficient (Wildman–Crippen LogP) is 3.78. The smallest absolute Gasteiger partial charge is 0.297 e. The van der Waals surface area contributed by atoms with Crippen molar-refractivity contribution in [2.75, 3.05) is 6.61 Å². The summed E-state index contributed by atoms with van der Waals surface area (Å²) in [6.45, 7) is 1.63. The largest absolute Gasteiger partial charge is 0.382 e. The van der Waals surface area contributed by atoms with Crippen molar-refractivity contribution in [1.29, 1.82) is 0 Å². The van der Waals surface area contributed by atoms with Crippen LogP contribution in [0.4, 0.5) is 0 Å². The summed E-state index contributed by atoms with van der Waals surface area (Å²) in [6.07, 6.45) is 3.84. The van der Waals surface area contributed by atoms with Crippen molar-refractivity contribution in [3.8, 4) is 0 Å². The molecule has 1 unspecified atom stereocenters. The molecule has 0 radical (unpaired) electrons. The molecule has 1 fully saturated rings. The van der Waals surface area contributed by atoms with Crippen molar-refractivity contribution in [2.45, 2.75) is 43.1 Å². The van der Waals surface area contributed by atoms with Crippen LogP contribution >= 0.6 is 0 Å². The van der Waals surface area contributed by atoms with E-state index in [0.29, 0.717) is 5.56 Å². The molecule has 1 saturated carbocycles. The summed E-state index contributed by atoms with van der Waals surface area (Å²) in [5.41, 5.74) is 0.391. The molecule has 1 aliphatic rings. The van der Waals surface area contributed by atoms with Gasteiger partial charge in [-0.25, -0.2) is 0 Å². The summed E-state index contributed by atoms with van der Waals surface area (Å²) in [5.74, 6) is 0.00289. The minimum Gasteiger partial charge on any atom is -0.382 e. The first kappa shape index (κ1) is 18.1. The second-order valence-electron chi connectivity index (χ2n) is 6.80. The van der Waals surface area contributed by atoms with Gasteiger partial charge in [0.1, 0.15) is 5.60 Å². The molecule has 0 aliphatic heterocycles. The van der Waals surface area contributed by atoms with E-state index < -0.39 is 15.7 Å². The number of rotatable bonds is 6. The van der Waals surface area contributed by atoms with E-state index in [4.69, 9.17) is 4.18 Å². The van der Waals surface area contributed by atoms with Crippen LogP contribution in [0, 0.1) is 12.8 Å². The summed E-state index contributed by atoms with van der Waals surface area (Å²) >= 11 is 0. The molecule has 3 rings (SSSR count). The Morgan fingerprint density at radius 1 is 1.04 bits per heavy atom. The highest BCUT2D eigenvalue weighted by Gasteiger charge is 2.41. The van der Waals surface area contributed by atoms with Gasteiger partial charge in [0.15, 0.2) is 0 Å². The van der Waals surface area contributed by atoms with Crippen molar-refractivity contribution < 1.29 is 17.7 Å². The number of aliphatic hydroxyl groups is 1. The number of hydrogen-bond donors (Lipinski definition) is 1. The maximum Gasteiger partial charge on any atom is 0.297 e. The van der Waals surface area contributed by atoms with E-state index >= 15 is 0 Å². The first-order chi connectivity index (χ1) is 11.9. The summed E-state index contributed by atoms with van der Waals surface area (Å²) in [6, 6.07) is 15.8. The standard InChI is InChI=1S/C20H24O4S/c1-16-11-13-19(14-12-16)25(22,23)24-15-20(21,18-9-5-6-10-18)17-7-3-2-4-8-17/h2-4,7-8,11-14,18,21H,5-6,9-10,15H2,1H3. The maximum absolute atomic E-state index is 12.5. The molecule has 0 spiro atoms. The maximum atomic E-state index is 12.5. The zero-order valence-corrected chi connectivity index (χ0v) is 15.2. The molecule has 0 bridgehead atoms. The summed E-state index contributed by atoms with van der Waals surface area (Å²) < 4.78 is 30.3. The van der Waals surface area contributed by atoms with E-state index in [1.165, 1.54) is 12.1 Å². The minimum atomic E-state index is -3.91. The number of benzene rings is 2. The quantitative estimate of drug-likeness (QED) is 0.796. The van der Waals surface area contributed by atoms with Crippen LogP contribution in [-0.2, 0) is 19.9 Å². The highest BCUT2D eigenvalue weighted by atomic mass is 32.2. The molecular weight excluding hydrogens is 336 g/mol. The topological polar surface area (TPSA) is 63.6 Å². The Labute approximate surface area is 149 Å². The van der Waals surface area contributed by atoms with Gasteiger partial charge in [-0.1, -0.05) is 60.9 Å². The van der Waals surface area contributed by atoms with Gasteiger partial charge in [-0.05, 0) is 43.4 Å². The molecule has 1 atom stereocenters.